The minimum atomic E-state index is -0.224. The number of ether oxygens (including phenoxy) is 2. The fourth-order valence-electron chi connectivity index (χ4n) is 2.66. The predicted molar refractivity (Wildman–Crippen MR) is 94.6 cm³/mol. The zero-order chi connectivity index (χ0) is 16.9. The highest BCUT2D eigenvalue weighted by atomic mass is 32.2. The molecule has 1 fully saturated rings. The molecule has 1 saturated heterocycles. The Morgan fingerprint density at radius 2 is 2.46 bits per heavy atom. The quantitative estimate of drug-likeness (QED) is 0.752. The van der Waals surface area contributed by atoms with E-state index in [0.717, 1.165) is 41.4 Å². The van der Waals surface area contributed by atoms with Crippen molar-refractivity contribution in [2.24, 2.45) is 0 Å². The van der Waals surface area contributed by atoms with Crippen LogP contribution in [0.15, 0.2) is 23.4 Å². The van der Waals surface area contributed by atoms with Gasteiger partial charge in [0.25, 0.3) is 0 Å². The Balaban J connectivity index is 1.57. The maximum absolute atomic E-state index is 12.2. The van der Waals surface area contributed by atoms with Crippen LogP contribution in [0.4, 0.5) is 0 Å². The van der Waals surface area contributed by atoms with Crippen molar-refractivity contribution in [3.8, 4) is 5.75 Å². The second-order valence-corrected chi connectivity index (χ2v) is 7.12. The molecule has 1 amide bonds. The molecular weight excluding hydrogens is 326 g/mol. The summed E-state index contributed by atoms with van der Waals surface area (Å²) in [6, 6.07) is 5.75. The second-order valence-electron chi connectivity index (χ2n) is 5.79. The third-order valence-corrected chi connectivity index (χ3v) is 4.91. The van der Waals surface area contributed by atoms with E-state index in [1.165, 1.54) is 11.8 Å². The maximum Gasteiger partial charge on any atom is 0.233 e. The number of carbonyl (C=O) groups excluding carboxylic acids is 1. The molecule has 1 aliphatic heterocycles. The molecule has 1 aliphatic rings. The lowest BCUT2D eigenvalue weighted by Crippen LogP contribution is -2.36. The summed E-state index contributed by atoms with van der Waals surface area (Å²) in [4.78, 5) is 20.0. The van der Waals surface area contributed by atoms with Gasteiger partial charge < -0.3 is 19.8 Å². The minimum Gasteiger partial charge on any atom is -0.494 e. The second kappa shape index (κ2) is 7.90. The monoisotopic (exact) mass is 349 g/mol. The van der Waals surface area contributed by atoms with Gasteiger partial charge in [0, 0.05) is 19.2 Å². The number of nitrogens with zero attached hydrogens (tertiary/aromatic N) is 1. The number of nitrogens with one attached hydrogen (secondary N) is 2. The number of fused-ring (bicyclic) bond motifs is 1. The Labute approximate surface area is 145 Å². The zero-order valence-electron chi connectivity index (χ0n) is 14.0. The van der Waals surface area contributed by atoms with Crippen molar-refractivity contribution in [1.29, 1.82) is 0 Å². The molecular formula is C17H23N3O3S. The molecule has 1 aromatic carbocycles. The molecule has 2 aromatic rings. The summed E-state index contributed by atoms with van der Waals surface area (Å²) in [6.07, 6.45) is 2.26. The first kappa shape index (κ1) is 17.1. The summed E-state index contributed by atoms with van der Waals surface area (Å²) in [5, 5.41) is 3.47. The van der Waals surface area contributed by atoms with E-state index in [0.29, 0.717) is 13.2 Å². The van der Waals surface area contributed by atoms with E-state index >= 15 is 0 Å². The highest BCUT2D eigenvalue weighted by molar-refractivity contribution is 8.00. The lowest BCUT2D eigenvalue weighted by atomic mass is 10.2. The van der Waals surface area contributed by atoms with Gasteiger partial charge in [0.15, 0.2) is 5.16 Å². The van der Waals surface area contributed by atoms with Gasteiger partial charge in [-0.15, -0.1) is 0 Å². The van der Waals surface area contributed by atoms with Crippen LogP contribution in [-0.4, -0.2) is 47.0 Å². The van der Waals surface area contributed by atoms with Gasteiger partial charge in [-0.25, -0.2) is 4.98 Å². The SMILES string of the molecule is CCOc1ccc2nc(S[C@@H](C)C(=O)NC[C@@H]3CCCO3)[nH]c2c1. The van der Waals surface area contributed by atoms with E-state index in [4.69, 9.17) is 9.47 Å². The molecule has 0 bridgehead atoms. The lowest BCUT2D eigenvalue weighted by molar-refractivity contribution is -0.120. The molecule has 0 aliphatic carbocycles. The molecule has 2 atom stereocenters. The van der Waals surface area contributed by atoms with Crippen molar-refractivity contribution in [3.63, 3.8) is 0 Å². The Morgan fingerprint density at radius 1 is 1.58 bits per heavy atom. The Bertz CT molecular complexity index is 697. The molecule has 6 nitrogen and oxygen atoms in total. The van der Waals surface area contributed by atoms with Crippen LogP contribution in [0, 0.1) is 0 Å². The van der Waals surface area contributed by atoms with Gasteiger partial charge in [-0.1, -0.05) is 11.8 Å². The van der Waals surface area contributed by atoms with Gasteiger partial charge in [-0.05, 0) is 38.8 Å². The van der Waals surface area contributed by atoms with Crippen molar-refractivity contribution in [1.82, 2.24) is 15.3 Å². The van der Waals surface area contributed by atoms with Crippen molar-refractivity contribution in [2.75, 3.05) is 19.8 Å². The number of rotatable bonds is 7. The fourth-order valence-corrected chi connectivity index (χ4v) is 3.51. The molecule has 1 aromatic heterocycles. The maximum atomic E-state index is 12.2. The van der Waals surface area contributed by atoms with Crippen molar-refractivity contribution >= 4 is 28.7 Å². The number of hydrogen-bond donors (Lipinski definition) is 2. The molecule has 0 spiro atoms. The highest BCUT2D eigenvalue weighted by Crippen LogP contribution is 2.26. The molecule has 0 saturated carbocycles. The topological polar surface area (TPSA) is 76.2 Å². The molecule has 0 radical (unpaired) electrons. The van der Waals surface area contributed by atoms with Crippen LogP contribution in [0.2, 0.25) is 0 Å². The van der Waals surface area contributed by atoms with Gasteiger partial charge in [0.1, 0.15) is 5.75 Å². The third-order valence-electron chi connectivity index (χ3n) is 3.93. The molecule has 7 heteroatoms. The number of imidazole rings is 1. The molecule has 24 heavy (non-hydrogen) atoms. The van der Waals surface area contributed by atoms with E-state index < -0.39 is 0 Å². The van der Waals surface area contributed by atoms with Gasteiger partial charge in [-0.2, -0.15) is 0 Å². The van der Waals surface area contributed by atoms with Crippen LogP contribution in [0.1, 0.15) is 26.7 Å². The summed E-state index contributed by atoms with van der Waals surface area (Å²) in [5.74, 6) is 0.818. The smallest absolute Gasteiger partial charge is 0.233 e. The Morgan fingerprint density at radius 3 is 3.21 bits per heavy atom. The first-order valence-corrected chi connectivity index (χ1v) is 9.22. The van der Waals surface area contributed by atoms with Crippen molar-refractivity contribution < 1.29 is 14.3 Å². The average molecular weight is 349 g/mol. The molecule has 2 heterocycles. The normalized spacial score (nSPS) is 18.7. The summed E-state index contributed by atoms with van der Waals surface area (Å²) in [6.45, 7) is 5.85. The summed E-state index contributed by atoms with van der Waals surface area (Å²) in [7, 11) is 0. The van der Waals surface area contributed by atoms with Crippen LogP contribution >= 0.6 is 11.8 Å². The third kappa shape index (κ3) is 4.21. The van der Waals surface area contributed by atoms with E-state index in [1.54, 1.807) is 0 Å². The van der Waals surface area contributed by atoms with Crippen molar-refractivity contribution in [3.05, 3.63) is 18.2 Å². The summed E-state index contributed by atoms with van der Waals surface area (Å²) >= 11 is 1.42. The number of aromatic nitrogens is 2. The van der Waals surface area contributed by atoms with Gasteiger partial charge in [-0.3, -0.25) is 4.79 Å². The van der Waals surface area contributed by atoms with Crippen molar-refractivity contribution in [2.45, 2.75) is 43.2 Å². The summed E-state index contributed by atoms with van der Waals surface area (Å²) in [5.41, 5.74) is 1.78. The van der Waals surface area contributed by atoms with E-state index in [2.05, 4.69) is 15.3 Å². The molecule has 3 rings (SSSR count). The van der Waals surface area contributed by atoms with Gasteiger partial charge in [0.2, 0.25) is 5.91 Å². The Hall–Kier alpha value is -1.73. The lowest BCUT2D eigenvalue weighted by Gasteiger charge is -2.13. The number of benzene rings is 1. The van der Waals surface area contributed by atoms with E-state index in [1.807, 2.05) is 32.0 Å². The number of amides is 1. The number of thioether (sulfide) groups is 1. The standard InChI is InChI=1S/C17H23N3O3S/c1-3-22-12-6-7-14-15(9-12)20-17(19-14)24-11(2)16(21)18-10-13-5-4-8-23-13/h6-7,9,11,13H,3-5,8,10H2,1-2H3,(H,18,21)(H,19,20)/t11-,13-/m0/s1. The van der Waals surface area contributed by atoms with Gasteiger partial charge in [0.05, 0.1) is 29.0 Å². The number of H-pyrrole nitrogens is 1. The van der Waals surface area contributed by atoms with Crippen LogP contribution in [-0.2, 0) is 9.53 Å². The van der Waals surface area contributed by atoms with Crippen LogP contribution in [0.5, 0.6) is 5.75 Å². The van der Waals surface area contributed by atoms with Crippen LogP contribution < -0.4 is 10.1 Å². The first-order chi connectivity index (χ1) is 11.7. The largest absolute Gasteiger partial charge is 0.494 e. The molecule has 0 unspecified atom stereocenters. The predicted octanol–water partition coefficient (Wildman–Crippen LogP) is 2.74. The van der Waals surface area contributed by atoms with Crippen LogP contribution in [0.25, 0.3) is 11.0 Å². The molecule has 2 N–H and O–H groups in total. The number of carbonyl (C=O) groups is 1. The number of aromatic amines is 1. The zero-order valence-corrected chi connectivity index (χ0v) is 14.8. The highest BCUT2D eigenvalue weighted by Gasteiger charge is 2.20. The first-order valence-electron chi connectivity index (χ1n) is 8.34. The molecule has 130 valence electrons. The minimum absolute atomic E-state index is 0.00552. The van der Waals surface area contributed by atoms with Crippen LogP contribution in [0.3, 0.4) is 0 Å². The summed E-state index contributed by atoms with van der Waals surface area (Å²) < 4.78 is 11.0. The Kier molecular flexibility index (Phi) is 5.63. The number of hydrogen-bond acceptors (Lipinski definition) is 5. The van der Waals surface area contributed by atoms with E-state index in [9.17, 15) is 4.79 Å². The fraction of sp³-hybridized carbons (Fsp3) is 0.529. The van der Waals surface area contributed by atoms with Gasteiger partial charge >= 0.3 is 0 Å². The average Bonchev–Trinajstić information content (AvgIpc) is 3.21. The van der Waals surface area contributed by atoms with E-state index in [-0.39, 0.29) is 17.3 Å².